The second-order valence-electron chi connectivity index (χ2n) is 7.14. The van der Waals surface area contributed by atoms with E-state index in [0.717, 1.165) is 52.5 Å². The van der Waals surface area contributed by atoms with Crippen LogP contribution in [0.3, 0.4) is 0 Å². The van der Waals surface area contributed by atoms with Crippen LogP contribution in [-0.4, -0.2) is 66.7 Å². The van der Waals surface area contributed by atoms with Gasteiger partial charge in [0.15, 0.2) is 5.17 Å². The van der Waals surface area contributed by atoms with Crippen LogP contribution in [-0.2, 0) is 11.3 Å². The summed E-state index contributed by atoms with van der Waals surface area (Å²) in [5.41, 5.74) is 2.79. The van der Waals surface area contributed by atoms with E-state index in [-0.39, 0.29) is 0 Å². The van der Waals surface area contributed by atoms with Crippen molar-refractivity contribution in [2.24, 2.45) is 4.99 Å². The van der Waals surface area contributed by atoms with Gasteiger partial charge in [0.2, 0.25) is 0 Å². The molecule has 1 aromatic rings. The molecule has 0 unspecified atom stereocenters. The van der Waals surface area contributed by atoms with Crippen molar-refractivity contribution in [3.05, 3.63) is 35.4 Å². The minimum atomic E-state index is 0.588. The van der Waals surface area contributed by atoms with Gasteiger partial charge < -0.3 is 9.64 Å². The zero-order valence-electron chi connectivity index (χ0n) is 15.6. The van der Waals surface area contributed by atoms with E-state index in [1.165, 1.54) is 28.5 Å². The lowest BCUT2D eigenvalue weighted by Crippen LogP contribution is -2.42. The molecule has 5 heteroatoms. The van der Waals surface area contributed by atoms with Gasteiger partial charge in [-0.1, -0.05) is 49.9 Å². The van der Waals surface area contributed by atoms with Crippen molar-refractivity contribution in [1.82, 2.24) is 9.80 Å². The van der Waals surface area contributed by atoms with Crippen LogP contribution in [0.15, 0.2) is 29.3 Å². The molecule has 2 heterocycles. The van der Waals surface area contributed by atoms with Crippen molar-refractivity contribution in [2.45, 2.75) is 32.7 Å². The van der Waals surface area contributed by atoms with Crippen LogP contribution in [0.5, 0.6) is 0 Å². The summed E-state index contributed by atoms with van der Waals surface area (Å²) in [6.45, 7) is 12.4. The van der Waals surface area contributed by atoms with Gasteiger partial charge in [-0.2, -0.15) is 0 Å². The third-order valence-corrected chi connectivity index (χ3v) is 6.00. The van der Waals surface area contributed by atoms with Gasteiger partial charge in [-0.05, 0) is 23.5 Å². The number of nitrogens with zero attached hydrogens (tertiary/aromatic N) is 3. The van der Waals surface area contributed by atoms with Gasteiger partial charge in [-0.25, -0.2) is 0 Å². The molecule has 138 valence electrons. The standard InChI is InChI=1S/C20H31N3OS/c1-17(2)19-6-4-18(5-7-19)16-23(20-21-8-3-15-25-20)10-9-22-11-13-24-14-12-22/h4-7,17H,3,8-16H2,1-2H3. The Kier molecular flexibility index (Phi) is 7.20. The highest BCUT2D eigenvalue weighted by Crippen LogP contribution is 2.20. The Morgan fingerprint density at radius 2 is 1.96 bits per heavy atom. The fourth-order valence-electron chi connectivity index (χ4n) is 3.20. The molecule has 0 atom stereocenters. The fraction of sp³-hybridized carbons (Fsp3) is 0.650. The van der Waals surface area contributed by atoms with E-state index in [2.05, 4.69) is 47.9 Å². The topological polar surface area (TPSA) is 28.1 Å². The van der Waals surface area contributed by atoms with Crippen LogP contribution >= 0.6 is 11.8 Å². The molecule has 0 N–H and O–H groups in total. The summed E-state index contributed by atoms with van der Waals surface area (Å²) in [5.74, 6) is 1.78. The van der Waals surface area contributed by atoms with Crippen molar-refractivity contribution in [3.63, 3.8) is 0 Å². The number of aliphatic imine (C=N–C) groups is 1. The summed E-state index contributed by atoms with van der Waals surface area (Å²) < 4.78 is 5.47. The number of amidine groups is 1. The van der Waals surface area contributed by atoms with Crippen molar-refractivity contribution in [2.75, 3.05) is 51.7 Å². The van der Waals surface area contributed by atoms with E-state index in [4.69, 9.17) is 9.73 Å². The number of hydrogen-bond acceptors (Lipinski definition) is 5. The number of thioether (sulfide) groups is 1. The molecule has 0 bridgehead atoms. The smallest absolute Gasteiger partial charge is 0.159 e. The SMILES string of the molecule is CC(C)c1ccc(CN(CCN2CCOCC2)C2=NCCCS2)cc1. The molecule has 0 aliphatic carbocycles. The minimum Gasteiger partial charge on any atom is -0.379 e. The second-order valence-corrected chi connectivity index (χ2v) is 8.20. The highest BCUT2D eigenvalue weighted by molar-refractivity contribution is 8.13. The third-order valence-electron chi connectivity index (χ3n) is 4.86. The summed E-state index contributed by atoms with van der Waals surface area (Å²) in [5, 5.41) is 1.23. The van der Waals surface area contributed by atoms with E-state index in [1.807, 2.05) is 11.8 Å². The van der Waals surface area contributed by atoms with Crippen molar-refractivity contribution in [1.29, 1.82) is 0 Å². The van der Waals surface area contributed by atoms with Gasteiger partial charge in [0.05, 0.1) is 13.2 Å². The zero-order chi connectivity index (χ0) is 17.5. The molecule has 3 rings (SSSR count). The average Bonchev–Trinajstić information content (AvgIpc) is 2.67. The van der Waals surface area contributed by atoms with Gasteiger partial charge in [0.1, 0.15) is 0 Å². The first kappa shape index (κ1) is 18.7. The number of morpholine rings is 1. The van der Waals surface area contributed by atoms with E-state index in [0.29, 0.717) is 5.92 Å². The highest BCUT2D eigenvalue weighted by atomic mass is 32.2. The molecule has 25 heavy (non-hydrogen) atoms. The summed E-state index contributed by atoms with van der Waals surface area (Å²) in [7, 11) is 0. The fourth-order valence-corrected chi connectivity index (χ4v) is 4.17. The summed E-state index contributed by atoms with van der Waals surface area (Å²) in [4.78, 5) is 9.78. The monoisotopic (exact) mass is 361 g/mol. The molecular formula is C20H31N3OS. The first-order valence-corrected chi connectivity index (χ1v) is 10.5. The van der Waals surface area contributed by atoms with Crippen LogP contribution in [0.1, 0.15) is 37.3 Å². The lowest BCUT2D eigenvalue weighted by Gasteiger charge is -2.32. The van der Waals surface area contributed by atoms with Gasteiger partial charge >= 0.3 is 0 Å². The Morgan fingerprint density at radius 3 is 2.60 bits per heavy atom. The quantitative estimate of drug-likeness (QED) is 0.776. The highest BCUT2D eigenvalue weighted by Gasteiger charge is 2.18. The predicted molar refractivity (Wildman–Crippen MR) is 108 cm³/mol. The number of benzene rings is 1. The largest absolute Gasteiger partial charge is 0.379 e. The summed E-state index contributed by atoms with van der Waals surface area (Å²) in [6.07, 6.45) is 1.20. The van der Waals surface area contributed by atoms with E-state index in [9.17, 15) is 0 Å². The molecule has 1 aromatic carbocycles. The summed E-state index contributed by atoms with van der Waals surface area (Å²) >= 11 is 1.92. The third kappa shape index (κ3) is 5.73. The number of ether oxygens (including phenoxy) is 1. The van der Waals surface area contributed by atoms with E-state index in [1.54, 1.807) is 0 Å². The molecule has 1 saturated heterocycles. The van der Waals surface area contributed by atoms with Gasteiger partial charge in [0.25, 0.3) is 0 Å². The predicted octanol–water partition coefficient (Wildman–Crippen LogP) is 3.44. The van der Waals surface area contributed by atoms with Crippen LogP contribution < -0.4 is 0 Å². The maximum absolute atomic E-state index is 5.47. The van der Waals surface area contributed by atoms with Crippen molar-refractivity contribution >= 4 is 16.9 Å². The van der Waals surface area contributed by atoms with Crippen molar-refractivity contribution < 1.29 is 4.74 Å². The molecule has 1 fully saturated rings. The molecule has 2 aliphatic heterocycles. The van der Waals surface area contributed by atoms with Gasteiger partial charge in [-0.3, -0.25) is 9.89 Å². The van der Waals surface area contributed by atoms with Crippen LogP contribution in [0, 0.1) is 0 Å². The molecule has 0 amide bonds. The average molecular weight is 362 g/mol. The molecule has 2 aliphatic rings. The maximum Gasteiger partial charge on any atom is 0.159 e. The first-order chi connectivity index (χ1) is 12.2. The zero-order valence-corrected chi connectivity index (χ0v) is 16.4. The number of hydrogen-bond donors (Lipinski definition) is 0. The molecule has 4 nitrogen and oxygen atoms in total. The molecule has 0 radical (unpaired) electrons. The molecular weight excluding hydrogens is 330 g/mol. The van der Waals surface area contributed by atoms with Crippen LogP contribution in [0.25, 0.3) is 0 Å². The lowest BCUT2D eigenvalue weighted by molar-refractivity contribution is 0.0358. The summed E-state index contributed by atoms with van der Waals surface area (Å²) in [6, 6.07) is 9.11. The minimum absolute atomic E-state index is 0.588. The van der Waals surface area contributed by atoms with E-state index >= 15 is 0 Å². The Hall–Kier alpha value is -1.04. The van der Waals surface area contributed by atoms with E-state index < -0.39 is 0 Å². The first-order valence-electron chi connectivity index (χ1n) is 9.53. The van der Waals surface area contributed by atoms with Crippen LogP contribution in [0.2, 0.25) is 0 Å². The second kappa shape index (κ2) is 9.60. The molecule has 0 saturated carbocycles. The van der Waals surface area contributed by atoms with Gasteiger partial charge in [-0.15, -0.1) is 0 Å². The Labute approximate surface area is 156 Å². The Bertz CT molecular complexity index is 553. The lowest BCUT2D eigenvalue weighted by atomic mass is 10.0. The maximum atomic E-state index is 5.47. The van der Waals surface area contributed by atoms with Crippen molar-refractivity contribution in [3.8, 4) is 0 Å². The molecule has 0 spiro atoms. The van der Waals surface area contributed by atoms with Gasteiger partial charge in [0, 0.05) is 45.0 Å². The van der Waals surface area contributed by atoms with Crippen LogP contribution in [0.4, 0.5) is 0 Å². The number of rotatable bonds is 6. The Balaban J connectivity index is 1.63. The Morgan fingerprint density at radius 1 is 1.20 bits per heavy atom. The molecule has 0 aromatic heterocycles. The normalized spacial score (nSPS) is 19.1.